The van der Waals surface area contributed by atoms with Gasteiger partial charge in [0.2, 0.25) is 5.91 Å². The van der Waals surface area contributed by atoms with Crippen molar-refractivity contribution in [3.05, 3.63) is 35.6 Å². The van der Waals surface area contributed by atoms with Gasteiger partial charge in [-0.3, -0.25) is 9.59 Å². The SMILES string of the molecule is CC(C)C(C)(CC(=O)NCCc1cccc(F)c1)C(=O)O. The molecule has 5 heteroatoms. The van der Waals surface area contributed by atoms with Crippen LogP contribution in [0.2, 0.25) is 0 Å². The molecule has 0 heterocycles. The average Bonchev–Trinajstić information content (AvgIpc) is 2.38. The van der Waals surface area contributed by atoms with E-state index < -0.39 is 11.4 Å². The van der Waals surface area contributed by atoms with Crippen LogP contribution in [0.5, 0.6) is 0 Å². The Morgan fingerprint density at radius 2 is 2.05 bits per heavy atom. The van der Waals surface area contributed by atoms with E-state index in [1.807, 2.05) is 0 Å². The molecule has 0 radical (unpaired) electrons. The van der Waals surface area contributed by atoms with Crippen LogP contribution >= 0.6 is 0 Å². The predicted octanol–water partition coefficient (Wildman–Crippen LogP) is 2.62. The summed E-state index contributed by atoms with van der Waals surface area (Å²) in [5.74, 6) is -1.73. The minimum absolute atomic E-state index is 0.0663. The third-order valence-electron chi connectivity index (χ3n) is 3.92. The predicted molar refractivity (Wildman–Crippen MR) is 78.3 cm³/mol. The standard InChI is InChI=1S/C16H22FNO3/c1-11(2)16(3,15(20)21)10-14(19)18-8-7-12-5-4-6-13(17)9-12/h4-6,9,11H,7-8,10H2,1-3H3,(H,18,19)(H,20,21). The van der Waals surface area contributed by atoms with Crippen LogP contribution in [0.15, 0.2) is 24.3 Å². The maximum absolute atomic E-state index is 13.0. The lowest BCUT2D eigenvalue weighted by atomic mass is 9.76. The fraction of sp³-hybridized carbons (Fsp3) is 0.500. The lowest BCUT2D eigenvalue weighted by Gasteiger charge is -2.28. The van der Waals surface area contributed by atoms with E-state index in [2.05, 4.69) is 5.32 Å². The molecule has 0 saturated heterocycles. The molecule has 1 amide bonds. The van der Waals surface area contributed by atoms with Crippen molar-refractivity contribution in [1.29, 1.82) is 0 Å². The summed E-state index contributed by atoms with van der Waals surface area (Å²) >= 11 is 0. The largest absolute Gasteiger partial charge is 0.481 e. The van der Waals surface area contributed by atoms with E-state index >= 15 is 0 Å². The highest BCUT2D eigenvalue weighted by Crippen LogP contribution is 2.31. The highest BCUT2D eigenvalue weighted by atomic mass is 19.1. The summed E-state index contributed by atoms with van der Waals surface area (Å²) in [5.41, 5.74) is -0.289. The third-order valence-corrected chi connectivity index (χ3v) is 3.92. The third kappa shape index (κ3) is 4.85. The number of aliphatic carboxylic acids is 1. The first-order valence-electron chi connectivity index (χ1n) is 7.00. The van der Waals surface area contributed by atoms with Gasteiger partial charge in [-0.25, -0.2) is 4.39 Å². The van der Waals surface area contributed by atoms with Crippen molar-refractivity contribution in [3.8, 4) is 0 Å². The van der Waals surface area contributed by atoms with Crippen LogP contribution in [-0.2, 0) is 16.0 Å². The van der Waals surface area contributed by atoms with Gasteiger partial charge in [0, 0.05) is 13.0 Å². The summed E-state index contributed by atoms with van der Waals surface area (Å²) in [6.07, 6.45) is 0.443. The van der Waals surface area contributed by atoms with E-state index in [9.17, 15) is 19.1 Å². The Balaban J connectivity index is 2.49. The molecule has 0 bridgehead atoms. The van der Waals surface area contributed by atoms with Crippen LogP contribution in [0.25, 0.3) is 0 Å². The first-order chi connectivity index (χ1) is 9.75. The molecule has 0 aromatic heterocycles. The van der Waals surface area contributed by atoms with Crippen LogP contribution in [-0.4, -0.2) is 23.5 Å². The van der Waals surface area contributed by atoms with Crippen LogP contribution in [0, 0.1) is 17.2 Å². The average molecular weight is 295 g/mol. The molecule has 1 aromatic rings. The van der Waals surface area contributed by atoms with Crippen molar-refractivity contribution < 1.29 is 19.1 Å². The molecule has 2 N–H and O–H groups in total. The topological polar surface area (TPSA) is 66.4 Å². The number of nitrogens with one attached hydrogen (secondary N) is 1. The Morgan fingerprint density at radius 1 is 1.38 bits per heavy atom. The van der Waals surface area contributed by atoms with E-state index in [1.165, 1.54) is 12.1 Å². The Labute approximate surface area is 124 Å². The fourth-order valence-electron chi connectivity index (χ4n) is 1.96. The molecule has 1 aromatic carbocycles. The van der Waals surface area contributed by atoms with Crippen molar-refractivity contribution in [1.82, 2.24) is 5.32 Å². The monoisotopic (exact) mass is 295 g/mol. The van der Waals surface area contributed by atoms with Gasteiger partial charge in [0.15, 0.2) is 0 Å². The molecule has 0 spiro atoms. The molecule has 116 valence electrons. The van der Waals surface area contributed by atoms with Crippen molar-refractivity contribution in [2.45, 2.75) is 33.6 Å². The molecule has 0 aliphatic carbocycles. The van der Waals surface area contributed by atoms with Crippen LogP contribution in [0.1, 0.15) is 32.8 Å². The number of amides is 1. The highest BCUT2D eigenvalue weighted by Gasteiger charge is 2.38. The zero-order valence-electron chi connectivity index (χ0n) is 12.6. The molecule has 0 saturated carbocycles. The highest BCUT2D eigenvalue weighted by molar-refractivity contribution is 5.84. The minimum Gasteiger partial charge on any atom is -0.481 e. The van der Waals surface area contributed by atoms with Gasteiger partial charge in [-0.2, -0.15) is 0 Å². The summed E-state index contributed by atoms with van der Waals surface area (Å²) in [7, 11) is 0. The second kappa shape index (κ2) is 7.20. The Morgan fingerprint density at radius 3 is 2.57 bits per heavy atom. The molecule has 1 atom stereocenters. The van der Waals surface area contributed by atoms with Gasteiger partial charge in [-0.15, -0.1) is 0 Å². The lowest BCUT2D eigenvalue weighted by molar-refractivity contribution is -0.153. The molecule has 0 fully saturated rings. The number of hydrogen-bond acceptors (Lipinski definition) is 2. The molecule has 0 aliphatic rings. The van der Waals surface area contributed by atoms with Crippen molar-refractivity contribution in [2.75, 3.05) is 6.54 Å². The zero-order valence-corrected chi connectivity index (χ0v) is 12.6. The van der Waals surface area contributed by atoms with E-state index in [-0.39, 0.29) is 24.1 Å². The lowest BCUT2D eigenvalue weighted by Crippen LogP contribution is -2.39. The first-order valence-corrected chi connectivity index (χ1v) is 7.00. The van der Waals surface area contributed by atoms with Crippen molar-refractivity contribution in [2.24, 2.45) is 11.3 Å². The van der Waals surface area contributed by atoms with Gasteiger partial charge >= 0.3 is 5.97 Å². The molecule has 0 aliphatic heterocycles. The van der Waals surface area contributed by atoms with E-state index in [1.54, 1.807) is 32.9 Å². The number of carbonyl (C=O) groups is 2. The smallest absolute Gasteiger partial charge is 0.310 e. The van der Waals surface area contributed by atoms with E-state index in [0.717, 1.165) is 5.56 Å². The number of carboxylic acids is 1. The van der Waals surface area contributed by atoms with E-state index in [4.69, 9.17) is 0 Å². The van der Waals surface area contributed by atoms with Gasteiger partial charge in [-0.1, -0.05) is 26.0 Å². The zero-order chi connectivity index (χ0) is 16.0. The number of halogens is 1. The second-order valence-electron chi connectivity index (χ2n) is 5.78. The Bertz CT molecular complexity index is 516. The Hall–Kier alpha value is -1.91. The second-order valence-corrected chi connectivity index (χ2v) is 5.78. The molecular formula is C16H22FNO3. The summed E-state index contributed by atoms with van der Waals surface area (Å²) in [4.78, 5) is 23.2. The normalized spacial score (nSPS) is 13.8. The van der Waals surface area contributed by atoms with Gasteiger partial charge in [0.1, 0.15) is 5.82 Å². The number of carboxylic acid groups (broad SMARTS) is 1. The van der Waals surface area contributed by atoms with Crippen LogP contribution < -0.4 is 5.32 Å². The number of hydrogen-bond donors (Lipinski definition) is 2. The van der Waals surface area contributed by atoms with Crippen LogP contribution in [0.4, 0.5) is 4.39 Å². The maximum atomic E-state index is 13.0. The summed E-state index contributed by atoms with van der Waals surface area (Å²) in [6.45, 7) is 5.50. The van der Waals surface area contributed by atoms with Gasteiger partial charge in [0.25, 0.3) is 0 Å². The van der Waals surface area contributed by atoms with Gasteiger partial charge < -0.3 is 10.4 Å². The number of benzene rings is 1. The summed E-state index contributed by atoms with van der Waals surface area (Å²) in [6, 6.07) is 6.18. The van der Waals surface area contributed by atoms with Gasteiger partial charge in [-0.05, 0) is 37.0 Å². The van der Waals surface area contributed by atoms with Crippen molar-refractivity contribution >= 4 is 11.9 Å². The summed E-state index contributed by atoms with van der Waals surface area (Å²) < 4.78 is 13.0. The quantitative estimate of drug-likeness (QED) is 0.812. The van der Waals surface area contributed by atoms with E-state index in [0.29, 0.717) is 13.0 Å². The molecule has 4 nitrogen and oxygen atoms in total. The van der Waals surface area contributed by atoms with Gasteiger partial charge in [0.05, 0.1) is 5.41 Å². The molecule has 21 heavy (non-hydrogen) atoms. The first kappa shape index (κ1) is 17.1. The maximum Gasteiger partial charge on any atom is 0.310 e. The Kier molecular flexibility index (Phi) is 5.88. The summed E-state index contributed by atoms with van der Waals surface area (Å²) in [5, 5.41) is 12.0. The molecule has 1 unspecified atom stereocenters. The van der Waals surface area contributed by atoms with Crippen molar-refractivity contribution in [3.63, 3.8) is 0 Å². The molecule has 1 rings (SSSR count). The molecular weight excluding hydrogens is 273 g/mol. The minimum atomic E-state index is -1.08. The fourth-order valence-corrected chi connectivity index (χ4v) is 1.96. The number of carbonyl (C=O) groups excluding carboxylic acids is 1. The van der Waals surface area contributed by atoms with Crippen LogP contribution in [0.3, 0.4) is 0 Å². The number of rotatable bonds is 7.